The Morgan fingerprint density at radius 2 is 0.766 bits per heavy atom. The van der Waals surface area contributed by atoms with Crippen molar-refractivity contribution in [1.82, 2.24) is 19.6 Å². The van der Waals surface area contributed by atoms with Crippen LogP contribution in [0.3, 0.4) is 0 Å². The molecule has 516 valence electrons. The van der Waals surface area contributed by atoms with Gasteiger partial charge in [-0.05, 0) is 168 Å². The van der Waals surface area contributed by atoms with E-state index in [1.165, 1.54) is 4.90 Å². The second kappa shape index (κ2) is 32.7. The van der Waals surface area contributed by atoms with E-state index in [0.717, 1.165) is 9.80 Å². The SMILES string of the molecule is [2H]c1c2c(c([2H])c(OC([2H])([2H])[2H])c1OC([2H])([2H])[2H])C1CC(=O)C(C([2H])([2H])C([2H])(C([2H])([2H])[2H])C([2H])([2H])C)C([2H])([2H])N1CC2.[2H]c1c2c(c([2H])c(OC([2H])([2H])[2H])c1OC([2H])([2H])[2H])C1CC(=O)C(CC(C)C)C([2H])([2H])N1CC2.[2H]c1c2c(c([2H])c(OC([2H])([2H])[2H])c1OC([2H])([2H])[2H])C1N(CC2)C([2H])([2H])C([2H])(C([2H])([2H])C([2H])(C([2H])([2H])[2H])C([2H])([2H])C)C(=O)C1([2H])[2H].[2H]c1c2c(c([2H])c(OC([2H])([2H])[2H])c1OC([2H])([2H])[2H])C1N(CC2)C([2H])([2H])C([2H])(CC(C)C)C(=O)C1([2H])[2H]. The molecular formula is C78H112N4O12. The maximum Gasteiger partial charge on any atom is 0.161 e. The van der Waals surface area contributed by atoms with Gasteiger partial charge in [-0.1, -0.05) is 68.0 Å². The van der Waals surface area contributed by atoms with Crippen molar-refractivity contribution in [3.05, 3.63) is 92.8 Å². The predicted octanol–water partition coefficient (Wildman–Crippen LogP) is 13.7. The molecule has 8 heterocycles. The molecule has 0 aliphatic carbocycles. The number of ketones is 4. The number of hydrogen-bond donors (Lipinski definition) is 0. The van der Waals surface area contributed by atoms with Crippen LogP contribution in [0.15, 0.2) is 48.3 Å². The second-order valence-corrected chi connectivity index (χ2v) is 23.0. The molecule has 0 radical (unpaired) electrons. The predicted molar refractivity (Wildman–Crippen MR) is 370 cm³/mol. The molecule has 0 spiro atoms. The third kappa shape index (κ3) is 16.4. The van der Waals surface area contributed by atoms with E-state index in [4.69, 9.17) is 123 Å². The van der Waals surface area contributed by atoms with E-state index in [-0.39, 0.29) is 108 Å². The summed E-state index contributed by atoms with van der Waals surface area (Å²) in [7, 11) is -25.6. The molecule has 0 bridgehead atoms. The van der Waals surface area contributed by atoms with Crippen molar-refractivity contribution in [3.63, 3.8) is 0 Å². The van der Waals surface area contributed by atoms with Gasteiger partial charge in [0.2, 0.25) is 0 Å². The molecule has 12 rings (SSSR count). The van der Waals surface area contributed by atoms with Crippen LogP contribution in [-0.2, 0) is 44.9 Å². The number of hydrogen-bond acceptors (Lipinski definition) is 16. The van der Waals surface area contributed by atoms with Gasteiger partial charge in [-0.25, -0.2) is 0 Å². The number of methoxy groups -OCH3 is 8. The van der Waals surface area contributed by atoms with Crippen molar-refractivity contribution in [2.75, 3.05) is 108 Å². The van der Waals surface area contributed by atoms with Gasteiger partial charge in [0.15, 0.2) is 46.0 Å². The van der Waals surface area contributed by atoms with Crippen LogP contribution in [0.2, 0.25) is 0 Å². The molecule has 8 aliphatic heterocycles. The van der Waals surface area contributed by atoms with Crippen LogP contribution >= 0.6 is 0 Å². The van der Waals surface area contributed by atoms with Gasteiger partial charge < -0.3 is 37.9 Å². The fraction of sp³-hybridized carbons (Fsp3) is 0.641. The first-order chi connectivity index (χ1) is 69.1. The summed E-state index contributed by atoms with van der Waals surface area (Å²) in [6.45, 7) is -12.0. The van der Waals surface area contributed by atoms with Gasteiger partial charge >= 0.3 is 0 Å². The molecule has 0 amide bonds. The zero-order chi connectivity index (χ0) is 121. The van der Waals surface area contributed by atoms with Gasteiger partial charge in [-0.15, -0.1) is 0 Å². The van der Waals surface area contributed by atoms with Crippen molar-refractivity contribution < 1.29 is 142 Å². The van der Waals surface area contributed by atoms with E-state index in [2.05, 4.69) is 0 Å². The third-order valence-electron chi connectivity index (χ3n) is 16.0. The highest BCUT2D eigenvalue weighted by atomic mass is 16.5. The molecule has 10 unspecified atom stereocenters. The maximum atomic E-state index is 14.0. The Hall–Kier alpha value is -6.20. The molecular weight excluding hydrogens is 1180 g/mol. The summed E-state index contributed by atoms with van der Waals surface area (Å²) in [6, 6.07) is -12.4. The number of carbonyl (C=O) groups is 4. The lowest BCUT2D eigenvalue weighted by atomic mass is 9.79. The fourth-order valence-electron chi connectivity index (χ4n) is 11.6. The Kier molecular flexibility index (Phi) is 9.24. The van der Waals surface area contributed by atoms with Gasteiger partial charge in [-0.3, -0.25) is 38.8 Å². The third-order valence-corrected chi connectivity index (χ3v) is 16.0. The number of fused-ring (bicyclic) bond motifs is 12. The number of benzene rings is 4. The summed E-state index contributed by atoms with van der Waals surface area (Å²) in [6.07, 6.45) is -22.7. The molecule has 16 heteroatoms. The summed E-state index contributed by atoms with van der Waals surface area (Å²) in [5, 5.41) is 0. The largest absolute Gasteiger partial charge is 0.493 e. The lowest BCUT2D eigenvalue weighted by Crippen LogP contribution is -2.46. The second-order valence-electron chi connectivity index (χ2n) is 23.0. The number of carbonyl (C=O) groups excluding carboxylic acids is 4. The molecule has 4 fully saturated rings. The van der Waals surface area contributed by atoms with Gasteiger partial charge in [0, 0.05) is 167 Å². The molecule has 0 N–H and O–H groups in total. The Morgan fingerprint density at radius 1 is 0.447 bits per heavy atom. The first-order valence-electron chi connectivity index (χ1n) is 60.5. The highest BCUT2D eigenvalue weighted by molar-refractivity contribution is 5.85. The summed E-state index contributed by atoms with van der Waals surface area (Å²) in [5.41, 5.74) is -1.60. The Bertz CT molecular complexity index is 6030. The van der Waals surface area contributed by atoms with E-state index in [9.17, 15) is 19.2 Å². The van der Waals surface area contributed by atoms with Crippen LogP contribution in [-0.4, -0.2) is 151 Å². The van der Waals surface area contributed by atoms with Crippen molar-refractivity contribution in [3.8, 4) is 46.0 Å². The quantitative estimate of drug-likeness (QED) is 0.0926. The Balaban J connectivity index is 0.000000231. The first-order valence-corrected chi connectivity index (χ1v) is 29.5. The minimum absolute atomic E-state index is 0.0642. The molecule has 10 atom stereocenters. The van der Waals surface area contributed by atoms with E-state index >= 15 is 0 Å². The Morgan fingerprint density at radius 3 is 1.13 bits per heavy atom. The number of rotatable bonds is 18. The average Bonchev–Trinajstić information content (AvgIpc) is 0.657. The minimum Gasteiger partial charge on any atom is -0.493 e. The maximum absolute atomic E-state index is 14.0. The van der Waals surface area contributed by atoms with Crippen molar-refractivity contribution in [2.24, 2.45) is 47.2 Å². The molecule has 94 heavy (non-hydrogen) atoms. The summed E-state index contributed by atoms with van der Waals surface area (Å²) in [5.74, 6) is -30.3. The molecule has 0 saturated carbocycles. The van der Waals surface area contributed by atoms with Crippen molar-refractivity contribution >= 4 is 23.1 Å². The molecule has 4 saturated heterocycles. The van der Waals surface area contributed by atoms with E-state index in [1.54, 1.807) is 13.8 Å². The summed E-state index contributed by atoms with van der Waals surface area (Å²) >= 11 is 0. The van der Waals surface area contributed by atoms with Crippen molar-refractivity contribution in [1.29, 1.82) is 0 Å². The monoisotopic (exact) mass is 1360 g/mol. The standard InChI is InChI=1S/2C20H29NO3.2C19H27NO3/c2*1-5-13(2)8-15-12-21-7-6-14-9-19(23-3)20(24-4)10-16(14)17(21)11-18(15)22;2*1-12(2)7-14-11-20-6-5-13-8-18(22-3)19(23-4)9-15(13)16(20)10-17(14)21/h2*9-10,13,15,17H,5-8,11-12H2,1-4H3;2*8-9,12,14,16H,5-7,10-11H2,1-4H3/i2D3,3D3,4D3,5D2,8D2,9D,10D,11D2,12D2,13D,15D;2D3,3D3,4D3,5D2,8D2,9D,10D,12D2,13D;3D3,4D3,8D,9D,10D2,11D2,14D;3D3,4D3,8D,9D,11D2. The van der Waals surface area contributed by atoms with Crippen LogP contribution in [0.1, 0.15) is 273 Å². The van der Waals surface area contributed by atoms with Crippen LogP contribution in [0.4, 0.5) is 0 Å². The van der Waals surface area contributed by atoms with Gasteiger partial charge in [-0.2, -0.15) is 0 Å². The van der Waals surface area contributed by atoms with Crippen LogP contribution in [0.5, 0.6) is 46.0 Å². The van der Waals surface area contributed by atoms with Crippen LogP contribution in [0, 0.1) is 47.2 Å². The zero-order valence-corrected chi connectivity index (χ0v) is 51.8. The number of nitrogens with zero attached hydrogens (tertiary/aromatic N) is 4. The highest BCUT2D eigenvalue weighted by Crippen LogP contribution is 2.48. The van der Waals surface area contributed by atoms with Crippen molar-refractivity contribution in [2.45, 2.75) is 169 Å². The normalized spacial score (nSPS) is 41.7. The smallest absolute Gasteiger partial charge is 0.161 e. The van der Waals surface area contributed by atoms with Gasteiger partial charge in [0.25, 0.3) is 0 Å². The lowest BCUT2D eigenvalue weighted by Gasteiger charge is -2.43. The highest BCUT2D eigenvalue weighted by Gasteiger charge is 2.43. The number of ether oxygens (including phenoxy) is 8. The van der Waals surface area contributed by atoms with Crippen LogP contribution in [0.25, 0.3) is 0 Å². The topological polar surface area (TPSA) is 155 Å². The van der Waals surface area contributed by atoms with Crippen LogP contribution < -0.4 is 37.9 Å². The molecule has 4 aromatic carbocycles. The average molecular weight is 1360 g/mol. The van der Waals surface area contributed by atoms with E-state index in [0.29, 0.717) is 25.2 Å². The lowest BCUT2D eigenvalue weighted by molar-refractivity contribution is -0.130. The van der Waals surface area contributed by atoms with E-state index < -0.39 is 330 Å². The number of Topliss-reactive ketones (excluding diaryl/α,β-unsaturated/α-hetero) is 4. The number of piperidine rings is 4. The Labute approximate surface area is 649 Å². The molecule has 4 aromatic rings. The van der Waals surface area contributed by atoms with E-state index in [1.807, 2.05) is 13.8 Å². The molecule has 0 aromatic heterocycles. The first kappa shape index (κ1) is 26.6. The zero-order valence-electron chi connectivity index (χ0n) is 114. The molecule has 16 nitrogen and oxygen atoms in total. The van der Waals surface area contributed by atoms with Gasteiger partial charge in [0.1, 0.15) is 23.1 Å². The van der Waals surface area contributed by atoms with Gasteiger partial charge in [0.05, 0.1) is 100 Å². The fourth-order valence-corrected chi connectivity index (χ4v) is 11.6. The summed E-state index contributed by atoms with van der Waals surface area (Å²) < 4.78 is 538. The minimum atomic E-state index is -4.29. The summed E-state index contributed by atoms with van der Waals surface area (Å²) in [4.78, 5) is 57.7. The molecule has 8 aliphatic rings.